The molecule has 7 heteroatoms. The van der Waals surface area contributed by atoms with E-state index in [1.54, 1.807) is 39.5 Å². The van der Waals surface area contributed by atoms with Gasteiger partial charge in [-0.05, 0) is 24.3 Å². The first-order valence-electron chi connectivity index (χ1n) is 10.4. The number of methoxy groups -OCH3 is 3. The van der Waals surface area contributed by atoms with E-state index in [9.17, 15) is 9.90 Å². The number of para-hydroxylation sites is 1. The molecule has 0 spiro atoms. The fourth-order valence-electron chi connectivity index (χ4n) is 3.44. The molecule has 0 bridgehead atoms. The Kier molecular flexibility index (Phi) is 8.44. The first-order valence-corrected chi connectivity index (χ1v) is 10.4. The first kappa shape index (κ1) is 23.5. The van der Waals surface area contributed by atoms with E-state index in [4.69, 9.17) is 18.9 Å². The van der Waals surface area contributed by atoms with Gasteiger partial charge < -0.3 is 24.1 Å². The average Bonchev–Trinajstić information content (AvgIpc) is 3.13. The molecule has 0 amide bonds. The zero-order valence-electron chi connectivity index (χ0n) is 18.7. The fourth-order valence-corrected chi connectivity index (χ4v) is 3.44. The number of nitrogens with zero attached hydrogens (tertiary/aromatic N) is 1. The molecular weight excluding hydrogens is 410 g/mol. The highest BCUT2D eigenvalue weighted by Gasteiger charge is 2.31. The van der Waals surface area contributed by atoms with Gasteiger partial charge in [0.2, 0.25) is 5.78 Å². The highest BCUT2D eigenvalue weighted by Crippen LogP contribution is 2.39. The normalized spacial score (nSPS) is 14.4. The van der Waals surface area contributed by atoms with Crippen LogP contribution >= 0.6 is 0 Å². The van der Waals surface area contributed by atoms with Gasteiger partial charge in [-0.15, -0.1) is 0 Å². The van der Waals surface area contributed by atoms with Crippen LogP contribution < -0.4 is 9.47 Å². The smallest absolute Gasteiger partial charge is 0.231 e. The maximum absolute atomic E-state index is 12.9. The second-order valence-corrected chi connectivity index (χ2v) is 7.26. The van der Waals surface area contributed by atoms with E-state index in [1.165, 1.54) is 6.07 Å². The summed E-state index contributed by atoms with van der Waals surface area (Å²) >= 11 is 0. The van der Waals surface area contributed by atoms with Crippen LogP contribution in [-0.4, -0.2) is 63.4 Å². The summed E-state index contributed by atoms with van der Waals surface area (Å²) in [5.41, 5.74) is 1.90. The molecule has 0 saturated heterocycles. The van der Waals surface area contributed by atoms with E-state index in [-0.39, 0.29) is 17.3 Å². The lowest BCUT2D eigenvalue weighted by atomic mass is 10.0. The SMILES string of the molecule is COCCN(CCOC)Cc1c(O)ccc2c1OC(=CC=Cc1ccccc1OC)C2=O. The van der Waals surface area contributed by atoms with Crippen LogP contribution in [0.5, 0.6) is 17.2 Å². The summed E-state index contributed by atoms with van der Waals surface area (Å²) in [5.74, 6) is 1.21. The molecule has 1 N–H and O–H groups in total. The highest BCUT2D eigenvalue weighted by molar-refractivity contribution is 6.12. The van der Waals surface area contributed by atoms with E-state index < -0.39 is 0 Å². The predicted molar refractivity (Wildman–Crippen MR) is 122 cm³/mol. The molecule has 0 aromatic heterocycles. The lowest BCUT2D eigenvalue weighted by Crippen LogP contribution is -2.30. The third-order valence-corrected chi connectivity index (χ3v) is 5.18. The second-order valence-electron chi connectivity index (χ2n) is 7.26. The molecule has 3 rings (SSSR count). The number of phenolic OH excluding ortho intramolecular Hbond substituents is 1. The van der Waals surface area contributed by atoms with Crippen molar-refractivity contribution in [3.8, 4) is 17.2 Å². The third-order valence-electron chi connectivity index (χ3n) is 5.18. The summed E-state index contributed by atoms with van der Waals surface area (Å²) in [6.45, 7) is 2.79. The van der Waals surface area contributed by atoms with Gasteiger partial charge in [0.25, 0.3) is 0 Å². The molecule has 1 aliphatic heterocycles. The number of allylic oxidation sites excluding steroid dienone is 3. The van der Waals surface area contributed by atoms with Gasteiger partial charge in [0.05, 0.1) is 31.5 Å². The van der Waals surface area contributed by atoms with Gasteiger partial charge in [-0.25, -0.2) is 0 Å². The van der Waals surface area contributed by atoms with Crippen molar-refractivity contribution in [3.05, 3.63) is 71.0 Å². The number of carbonyl (C=O) groups is 1. The quantitative estimate of drug-likeness (QED) is 0.535. The fraction of sp³-hybridized carbons (Fsp3) is 0.320. The number of aromatic hydroxyl groups is 1. The molecule has 170 valence electrons. The van der Waals surface area contributed by atoms with Crippen LogP contribution in [-0.2, 0) is 16.0 Å². The molecule has 2 aromatic carbocycles. The summed E-state index contributed by atoms with van der Waals surface area (Å²) in [6.07, 6.45) is 5.23. The lowest BCUT2D eigenvalue weighted by Gasteiger charge is -2.23. The van der Waals surface area contributed by atoms with Crippen LogP contribution in [0.3, 0.4) is 0 Å². The second kappa shape index (κ2) is 11.5. The number of ketones is 1. The van der Waals surface area contributed by atoms with Crippen LogP contribution in [0.2, 0.25) is 0 Å². The van der Waals surface area contributed by atoms with Crippen molar-refractivity contribution in [2.24, 2.45) is 0 Å². The van der Waals surface area contributed by atoms with Gasteiger partial charge in [0.1, 0.15) is 17.2 Å². The van der Waals surface area contributed by atoms with Crippen molar-refractivity contribution < 1.29 is 28.8 Å². The number of benzene rings is 2. The maximum atomic E-state index is 12.9. The first-order chi connectivity index (χ1) is 15.6. The van der Waals surface area contributed by atoms with E-state index in [0.717, 1.165) is 11.3 Å². The maximum Gasteiger partial charge on any atom is 0.231 e. The minimum Gasteiger partial charge on any atom is -0.507 e. The molecular formula is C25H29NO6. The van der Waals surface area contributed by atoms with Crippen molar-refractivity contribution in [2.45, 2.75) is 6.54 Å². The van der Waals surface area contributed by atoms with Gasteiger partial charge in [0.15, 0.2) is 5.76 Å². The Labute approximate surface area is 188 Å². The van der Waals surface area contributed by atoms with Gasteiger partial charge in [-0.3, -0.25) is 9.69 Å². The van der Waals surface area contributed by atoms with Gasteiger partial charge in [0, 0.05) is 39.4 Å². The molecule has 7 nitrogen and oxygen atoms in total. The third kappa shape index (κ3) is 5.56. The molecule has 0 aliphatic carbocycles. The zero-order valence-corrected chi connectivity index (χ0v) is 18.7. The minimum atomic E-state index is -0.216. The van der Waals surface area contributed by atoms with Crippen molar-refractivity contribution in [1.29, 1.82) is 0 Å². The number of hydrogen-bond acceptors (Lipinski definition) is 7. The van der Waals surface area contributed by atoms with E-state index in [0.29, 0.717) is 49.7 Å². The van der Waals surface area contributed by atoms with Crippen LogP contribution in [0.15, 0.2) is 54.3 Å². The molecule has 0 fully saturated rings. The van der Waals surface area contributed by atoms with Crippen molar-refractivity contribution in [2.75, 3.05) is 47.6 Å². The average molecular weight is 440 g/mol. The molecule has 2 aromatic rings. The number of rotatable bonds is 11. The van der Waals surface area contributed by atoms with Gasteiger partial charge in [-0.2, -0.15) is 0 Å². The molecule has 0 radical (unpaired) electrons. The Hall–Kier alpha value is -3.13. The largest absolute Gasteiger partial charge is 0.507 e. The monoisotopic (exact) mass is 439 g/mol. The molecule has 0 atom stereocenters. The highest BCUT2D eigenvalue weighted by atomic mass is 16.5. The van der Waals surface area contributed by atoms with Crippen molar-refractivity contribution in [1.82, 2.24) is 4.90 Å². The molecule has 0 saturated carbocycles. The summed E-state index contributed by atoms with van der Waals surface area (Å²) in [4.78, 5) is 15.0. The summed E-state index contributed by atoms with van der Waals surface area (Å²) in [5, 5.41) is 10.5. The Morgan fingerprint density at radius 3 is 2.44 bits per heavy atom. The molecule has 32 heavy (non-hydrogen) atoms. The molecule has 1 heterocycles. The zero-order chi connectivity index (χ0) is 22.9. The Morgan fingerprint density at radius 1 is 1.03 bits per heavy atom. The number of fused-ring (bicyclic) bond motifs is 1. The predicted octanol–water partition coefficient (Wildman–Crippen LogP) is 3.67. The van der Waals surface area contributed by atoms with Crippen molar-refractivity contribution >= 4 is 11.9 Å². The Bertz CT molecular complexity index is 990. The standard InChI is InChI=1S/C25H29NO6/c1-29-15-13-26(14-16-30-2)17-20-21(27)12-11-19-24(28)23(32-25(19)20)10-6-8-18-7-4-5-9-22(18)31-3/h4-12,27H,13-17H2,1-3H3. The molecule has 0 unspecified atom stereocenters. The van der Waals surface area contributed by atoms with E-state index in [2.05, 4.69) is 4.90 Å². The summed E-state index contributed by atoms with van der Waals surface area (Å²) < 4.78 is 21.6. The topological polar surface area (TPSA) is 77.5 Å². The van der Waals surface area contributed by atoms with Gasteiger partial charge >= 0.3 is 0 Å². The van der Waals surface area contributed by atoms with E-state index in [1.807, 2.05) is 30.3 Å². The lowest BCUT2D eigenvalue weighted by molar-refractivity contribution is 0.101. The van der Waals surface area contributed by atoms with Crippen LogP contribution in [0.4, 0.5) is 0 Å². The van der Waals surface area contributed by atoms with E-state index >= 15 is 0 Å². The Balaban J connectivity index is 1.82. The summed E-state index contributed by atoms with van der Waals surface area (Å²) in [7, 11) is 4.90. The van der Waals surface area contributed by atoms with Crippen molar-refractivity contribution in [3.63, 3.8) is 0 Å². The summed E-state index contributed by atoms with van der Waals surface area (Å²) in [6, 6.07) is 10.7. The van der Waals surface area contributed by atoms with Crippen LogP contribution in [0.25, 0.3) is 6.08 Å². The number of phenols is 1. The molecule has 1 aliphatic rings. The number of hydrogen-bond donors (Lipinski definition) is 1. The van der Waals surface area contributed by atoms with Crippen LogP contribution in [0, 0.1) is 0 Å². The van der Waals surface area contributed by atoms with Gasteiger partial charge in [-0.1, -0.05) is 30.4 Å². The number of Topliss-reactive ketones (excluding diaryl/α,β-unsaturated/α-hetero) is 1. The number of carbonyl (C=O) groups excluding carboxylic acids is 1. The number of ether oxygens (including phenoxy) is 4. The minimum absolute atomic E-state index is 0.0854. The van der Waals surface area contributed by atoms with Crippen LogP contribution in [0.1, 0.15) is 21.5 Å². The Morgan fingerprint density at radius 2 is 1.75 bits per heavy atom.